The summed E-state index contributed by atoms with van der Waals surface area (Å²) in [5.74, 6) is -1.75. The summed E-state index contributed by atoms with van der Waals surface area (Å²) in [6, 6.07) is 14.9. The molecule has 0 radical (unpaired) electrons. The molecule has 0 aliphatic carbocycles. The number of amidine groups is 1. The fourth-order valence-corrected chi connectivity index (χ4v) is 3.87. The Balaban J connectivity index is 1.74. The quantitative estimate of drug-likeness (QED) is 0.708. The van der Waals surface area contributed by atoms with Gasteiger partial charge in [-0.25, -0.2) is 4.99 Å². The molecule has 1 N–H and O–H groups in total. The summed E-state index contributed by atoms with van der Waals surface area (Å²) < 4.78 is 0. The SMILES string of the molecule is C=CCN1C(=O)C(CC(=O)Nc2ccccc2)SC1=Nc1ccc(C(=O)[O-])cc1. The normalized spacial score (nSPS) is 17.4. The average Bonchev–Trinajstić information content (AvgIpc) is 2.98. The van der Waals surface area contributed by atoms with Gasteiger partial charge in [0.15, 0.2) is 5.17 Å². The fourth-order valence-electron chi connectivity index (χ4n) is 2.71. The Morgan fingerprint density at radius 2 is 1.86 bits per heavy atom. The van der Waals surface area contributed by atoms with Crippen LogP contribution in [0.5, 0.6) is 0 Å². The van der Waals surface area contributed by atoms with Crippen molar-refractivity contribution in [1.29, 1.82) is 0 Å². The highest BCUT2D eigenvalue weighted by Crippen LogP contribution is 2.31. The van der Waals surface area contributed by atoms with Crippen molar-refractivity contribution in [3.63, 3.8) is 0 Å². The third-order valence-corrected chi connectivity index (χ3v) is 5.26. The third-order valence-electron chi connectivity index (χ3n) is 4.09. The van der Waals surface area contributed by atoms with E-state index in [1.165, 1.54) is 40.9 Å². The lowest BCUT2D eigenvalue weighted by atomic mass is 10.2. The second kappa shape index (κ2) is 9.20. The molecule has 0 saturated carbocycles. The number of thioether (sulfide) groups is 1. The van der Waals surface area contributed by atoms with Gasteiger partial charge in [0.25, 0.3) is 0 Å². The first-order valence-electron chi connectivity index (χ1n) is 8.82. The van der Waals surface area contributed by atoms with Crippen LogP contribution in [0, 0.1) is 0 Å². The number of nitrogens with one attached hydrogen (secondary N) is 1. The first-order chi connectivity index (χ1) is 14.0. The number of carbonyl (C=O) groups is 3. The minimum absolute atomic E-state index is 0.00861. The molecule has 2 aromatic rings. The van der Waals surface area contributed by atoms with Gasteiger partial charge in [0.2, 0.25) is 11.8 Å². The third kappa shape index (κ3) is 5.11. The molecule has 2 aromatic carbocycles. The number of rotatable bonds is 7. The Labute approximate surface area is 172 Å². The van der Waals surface area contributed by atoms with Gasteiger partial charge < -0.3 is 15.2 Å². The predicted molar refractivity (Wildman–Crippen MR) is 111 cm³/mol. The van der Waals surface area contributed by atoms with Crippen LogP contribution < -0.4 is 10.4 Å². The fraction of sp³-hybridized carbons (Fsp3) is 0.143. The Hall–Kier alpha value is -3.39. The minimum atomic E-state index is -1.27. The van der Waals surface area contributed by atoms with Crippen molar-refractivity contribution in [2.45, 2.75) is 11.7 Å². The van der Waals surface area contributed by atoms with E-state index in [1.807, 2.05) is 18.2 Å². The predicted octanol–water partition coefficient (Wildman–Crippen LogP) is 2.20. The van der Waals surface area contributed by atoms with Gasteiger partial charge in [-0.3, -0.25) is 14.5 Å². The van der Waals surface area contributed by atoms with Gasteiger partial charge in [0.1, 0.15) is 5.25 Å². The topological polar surface area (TPSA) is 102 Å². The van der Waals surface area contributed by atoms with E-state index >= 15 is 0 Å². The molecule has 0 spiro atoms. The van der Waals surface area contributed by atoms with Gasteiger partial charge in [-0.05, 0) is 29.8 Å². The number of aromatic carboxylic acids is 1. The van der Waals surface area contributed by atoms with Crippen molar-refractivity contribution in [3.05, 3.63) is 72.8 Å². The summed E-state index contributed by atoms with van der Waals surface area (Å²) in [6.07, 6.45) is 1.59. The Kier molecular flexibility index (Phi) is 6.46. The molecular weight excluding hydrogens is 390 g/mol. The van der Waals surface area contributed by atoms with Gasteiger partial charge in [0, 0.05) is 18.7 Å². The number of benzene rings is 2. The zero-order valence-corrected chi connectivity index (χ0v) is 16.2. The van der Waals surface area contributed by atoms with Crippen molar-refractivity contribution in [2.75, 3.05) is 11.9 Å². The van der Waals surface area contributed by atoms with Crippen LogP contribution in [0.2, 0.25) is 0 Å². The van der Waals surface area contributed by atoms with Crippen LogP contribution in [0.15, 0.2) is 72.2 Å². The van der Waals surface area contributed by atoms with Crippen molar-refractivity contribution in [3.8, 4) is 0 Å². The van der Waals surface area contributed by atoms with E-state index in [9.17, 15) is 19.5 Å². The van der Waals surface area contributed by atoms with Crippen LogP contribution >= 0.6 is 11.8 Å². The van der Waals surface area contributed by atoms with Crippen LogP contribution in [0.1, 0.15) is 16.8 Å². The molecular formula is C21H18N3O4S-. The molecule has 1 aliphatic rings. The molecule has 29 heavy (non-hydrogen) atoms. The Morgan fingerprint density at radius 3 is 2.48 bits per heavy atom. The number of hydrogen-bond donors (Lipinski definition) is 1. The highest BCUT2D eigenvalue weighted by Gasteiger charge is 2.38. The van der Waals surface area contributed by atoms with Crippen molar-refractivity contribution in [2.24, 2.45) is 4.99 Å². The van der Waals surface area contributed by atoms with E-state index < -0.39 is 11.2 Å². The number of amides is 2. The molecule has 1 atom stereocenters. The van der Waals surface area contributed by atoms with Crippen molar-refractivity contribution < 1.29 is 19.5 Å². The lowest BCUT2D eigenvalue weighted by molar-refractivity contribution is -0.255. The second-order valence-electron chi connectivity index (χ2n) is 6.19. The summed E-state index contributed by atoms with van der Waals surface area (Å²) in [6.45, 7) is 3.93. The summed E-state index contributed by atoms with van der Waals surface area (Å²) in [7, 11) is 0. The van der Waals surface area contributed by atoms with Crippen molar-refractivity contribution >= 4 is 46.1 Å². The highest BCUT2D eigenvalue weighted by atomic mass is 32.2. The molecule has 1 fully saturated rings. The smallest absolute Gasteiger partial charge is 0.242 e. The van der Waals surface area contributed by atoms with E-state index in [0.29, 0.717) is 16.5 Å². The molecule has 3 rings (SSSR count). The zero-order valence-electron chi connectivity index (χ0n) is 15.4. The van der Waals surface area contributed by atoms with Gasteiger partial charge in [-0.2, -0.15) is 0 Å². The number of carboxylic acid groups (broad SMARTS) is 1. The van der Waals surface area contributed by atoms with Crippen LogP contribution in [0.3, 0.4) is 0 Å². The largest absolute Gasteiger partial charge is 0.545 e. The molecule has 148 valence electrons. The Bertz CT molecular complexity index is 958. The molecule has 1 unspecified atom stereocenters. The standard InChI is InChI=1S/C21H19N3O4S/c1-2-12-24-19(26)17(13-18(25)22-15-6-4-3-5-7-15)29-21(24)23-16-10-8-14(9-11-16)20(27)28/h2-11,17H,1,12-13H2,(H,22,25)(H,27,28)/p-1. The minimum Gasteiger partial charge on any atom is -0.545 e. The molecule has 2 amide bonds. The number of hydrogen-bond acceptors (Lipinski definition) is 6. The lowest BCUT2D eigenvalue weighted by Crippen LogP contribution is -2.33. The van der Waals surface area contributed by atoms with Crippen LogP contribution in [0.25, 0.3) is 0 Å². The maximum Gasteiger partial charge on any atom is 0.242 e. The second-order valence-corrected chi connectivity index (χ2v) is 7.36. The number of carbonyl (C=O) groups excluding carboxylic acids is 3. The van der Waals surface area contributed by atoms with E-state index in [1.54, 1.807) is 18.2 Å². The van der Waals surface area contributed by atoms with E-state index in [4.69, 9.17) is 0 Å². The van der Waals surface area contributed by atoms with E-state index in [-0.39, 0.29) is 30.3 Å². The summed E-state index contributed by atoms with van der Waals surface area (Å²) in [5.41, 5.74) is 1.20. The maximum absolute atomic E-state index is 12.7. The maximum atomic E-state index is 12.7. The van der Waals surface area contributed by atoms with Gasteiger partial charge in [0.05, 0.1) is 11.7 Å². The number of carboxylic acids is 1. The summed E-state index contributed by atoms with van der Waals surface area (Å²) in [5, 5.41) is 13.5. The van der Waals surface area contributed by atoms with Crippen LogP contribution in [-0.4, -0.2) is 39.6 Å². The number of anilines is 1. The van der Waals surface area contributed by atoms with E-state index in [0.717, 1.165) is 0 Å². The molecule has 8 heteroatoms. The summed E-state index contributed by atoms with van der Waals surface area (Å²) >= 11 is 1.20. The molecule has 7 nitrogen and oxygen atoms in total. The Morgan fingerprint density at radius 1 is 1.17 bits per heavy atom. The summed E-state index contributed by atoms with van der Waals surface area (Å²) in [4.78, 5) is 41.8. The molecule has 0 bridgehead atoms. The molecule has 0 aromatic heterocycles. The average molecular weight is 408 g/mol. The van der Waals surface area contributed by atoms with Gasteiger partial charge in [-0.15, -0.1) is 6.58 Å². The van der Waals surface area contributed by atoms with Gasteiger partial charge in [-0.1, -0.05) is 48.2 Å². The zero-order chi connectivity index (χ0) is 20.8. The highest BCUT2D eigenvalue weighted by molar-refractivity contribution is 8.15. The molecule has 1 heterocycles. The molecule has 1 aliphatic heterocycles. The first-order valence-corrected chi connectivity index (χ1v) is 9.70. The number of para-hydroxylation sites is 1. The lowest BCUT2D eigenvalue weighted by Gasteiger charge is -2.14. The van der Waals surface area contributed by atoms with Gasteiger partial charge >= 0.3 is 0 Å². The van der Waals surface area contributed by atoms with Crippen molar-refractivity contribution in [1.82, 2.24) is 4.90 Å². The molecule has 1 saturated heterocycles. The van der Waals surface area contributed by atoms with Crippen LogP contribution in [-0.2, 0) is 9.59 Å². The monoisotopic (exact) mass is 408 g/mol. The van der Waals surface area contributed by atoms with E-state index in [2.05, 4.69) is 16.9 Å². The number of aliphatic imine (C=N–C) groups is 1. The number of nitrogens with zero attached hydrogens (tertiary/aromatic N) is 2. The first kappa shape index (κ1) is 20.3. The van der Waals surface area contributed by atoms with Crippen LogP contribution in [0.4, 0.5) is 11.4 Å².